The van der Waals surface area contributed by atoms with E-state index < -0.39 is 0 Å². The first-order valence-electron chi connectivity index (χ1n) is 11.6. The van der Waals surface area contributed by atoms with Crippen LogP contribution in [0.3, 0.4) is 0 Å². The molecule has 1 fully saturated rings. The molecule has 178 valence electrons. The number of carbonyl (C=O) groups excluding carboxylic acids is 2. The molecule has 1 aromatic heterocycles. The molecule has 1 aliphatic rings. The van der Waals surface area contributed by atoms with Crippen LogP contribution in [-0.2, 0) is 6.54 Å². The molecule has 0 spiro atoms. The van der Waals surface area contributed by atoms with E-state index in [1.165, 1.54) is 5.56 Å². The minimum absolute atomic E-state index is 0.166. The molecule has 0 saturated carbocycles. The van der Waals surface area contributed by atoms with E-state index in [0.717, 1.165) is 62.6 Å². The number of benzene rings is 2. The molecule has 0 unspecified atom stereocenters. The quantitative estimate of drug-likeness (QED) is 0.460. The fraction of sp³-hybridized carbons (Fsp3) is 0.360. The fourth-order valence-electron chi connectivity index (χ4n) is 3.82. The maximum atomic E-state index is 12.4. The van der Waals surface area contributed by atoms with E-state index >= 15 is 0 Å². The van der Waals surface area contributed by atoms with Crippen molar-refractivity contribution in [3.8, 4) is 0 Å². The van der Waals surface area contributed by atoms with E-state index in [4.69, 9.17) is 0 Å². The average molecular weight is 479 g/mol. The van der Waals surface area contributed by atoms with Crippen LogP contribution in [0, 0.1) is 6.92 Å². The zero-order chi connectivity index (χ0) is 23.8. The Morgan fingerprint density at radius 2 is 1.53 bits per heavy atom. The molecule has 4 rings (SSSR count). The number of aryl methyl sites for hydroxylation is 1. The summed E-state index contributed by atoms with van der Waals surface area (Å²) in [6.45, 7) is 8.67. The molecule has 3 aromatic rings. The number of hydrogen-bond donors (Lipinski definition) is 2. The maximum absolute atomic E-state index is 12.4. The van der Waals surface area contributed by atoms with Crippen molar-refractivity contribution < 1.29 is 9.59 Å². The van der Waals surface area contributed by atoms with E-state index in [1.54, 1.807) is 0 Å². The van der Waals surface area contributed by atoms with Gasteiger partial charge in [0, 0.05) is 45.0 Å². The first-order chi connectivity index (χ1) is 16.6. The van der Waals surface area contributed by atoms with Crippen molar-refractivity contribution in [3.63, 3.8) is 0 Å². The summed E-state index contributed by atoms with van der Waals surface area (Å²) in [5.41, 5.74) is 3.14. The van der Waals surface area contributed by atoms with Crippen molar-refractivity contribution in [2.75, 3.05) is 44.6 Å². The highest BCUT2D eigenvalue weighted by Crippen LogP contribution is 2.14. The highest BCUT2D eigenvalue weighted by atomic mass is 32.1. The zero-order valence-electron chi connectivity index (χ0n) is 19.4. The lowest BCUT2D eigenvalue weighted by Gasteiger charge is -2.34. The number of carbonyl (C=O) groups is 2. The molecule has 1 aliphatic heterocycles. The van der Waals surface area contributed by atoms with Gasteiger partial charge in [-0.1, -0.05) is 59.4 Å². The number of anilines is 1. The number of nitrogens with one attached hydrogen (secondary N) is 2. The second-order valence-electron chi connectivity index (χ2n) is 8.45. The summed E-state index contributed by atoms with van der Waals surface area (Å²) in [6, 6.07) is 18.0. The highest BCUT2D eigenvalue weighted by molar-refractivity contribution is 7.15. The second kappa shape index (κ2) is 11.8. The van der Waals surface area contributed by atoms with Gasteiger partial charge in [-0.2, -0.15) is 0 Å². The number of nitrogens with zero attached hydrogens (tertiary/aromatic N) is 4. The Kier molecular flexibility index (Phi) is 8.35. The van der Waals surface area contributed by atoms with Crippen LogP contribution in [0.5, 0.6) is 0 Å². The highest BCUT2D eigenvalue weighted by Gasteiger charge is 2.19. The third-order valence-corrected chi connectivity index (χ3v) is 6.69. The predicted molar refractivity (Wildman–Crippen MR) is 134 cm³/mol. The van der Waals surface area contributed by atoms with E-state index in [2.05, 4.69) is 54.9 Å². The Morgan fingerprint density at radius 3 is 2.24 bits per heavy atom. The Labute approximate surface area is 204 Å². The van der Waals surface area contributed by atoms with E-state index in [1.807, 2.05) is 37.3 Å². The Balaban J connectivity index is 1.13. The van der Waals surface area contributed by atoms with E-state index in [-0.39, 0.29) is 21.8 Å². The molecule has 1 saturated heterocycles. The average Bonchev–Trinajstić information content (AvgIpc) is 3.36. The van der Waals surface area contributed by atoms with Crippen molar-refractivity contribution in [1.29, 1.82) is 0 Å². The normalized spacial score (nSPS) is 14.6. The number of rotatable bonds is 9. The number of hydrogen-bond acceptors (Lipinski definition) is 7. The van der Waals surface area contributed by atoms with Gasteiger partial charge >= 0.3 is 0 Å². The molecule has 2 amide bonds. The maximum Gasteiger partial charge on any atom is 0.286 e. The molecular formula is C25H30N6O2S. The van der Waals surface area contributed by atoms with Crippen LogP contribution in [0.1, 0.15) is 37.2 Å². The summed E-state index contributed by atoms with van der Waals surface area (Å²) in [7, 11) is 0. The molecule has 0 atom stereocenters. The lowest BCUT2D eigenvalue weighted by Crippen LogP contribution is -2.46. The van der Waals surface area contributed by atoms with Gasteiger partial charge in [-0.15, -0.1) is 10.2 Å². The van der Waals surface area contributed by atoms with Crippen molar-refractivity contribution >= 4 is 28.8 Å². The van der Waals surface area contributed by atoms with E-state index in [0.29, 0.717) is 12.2 Å². The van der Waals surface area contributed by atoms with Crippen LogP contribution in [0.25, 0.3) is 0 Å². The summed E-state index contributed by atoms with van der Waals surface area (Å²) in [6.07, 6.45) is 0.865. The van der Waals surface area contributed by atoms with Crippen LogP contribution in [0.15, 0.2) is 54.6 Å². The molecule has 2 aromatic carbocycles. The third kappa shape index (κ3) is 6.93. The Morgan fingerprint density at radius 1 is 0.882 bits per heavy atom. The number of amides is 2. The number of piperazine rings is 1. The minimum Gasteiger partial charge on any atom is -0.350 e. The molecule has 0 aliphatic carbocycles. The van der Waals surface area contributed by atoms with Crippen molar-refractivity contribution in [2.24, 2.45) is 0 Å². The van der Waals surface area contributed by atoms with Gasteiger partial charge < -0.3 is 15.5 Å². The van der Waals surface area contributed by atoms with Crippen LogP contribution < -0.4 is 10.6 Å². The topological polar surface area (TPSA) is 90.5 Å². The standard InChI is InChI=1S/C25H30N6O2S/c1-19-8-10-21(11-9-19)27-23(33)25-29-28-24(34-25)22(32)26-12-5-13-30-14-16-31(17-15-30)18-20-6-3-2-4-7-20/h2-4,6-11H,5,12-18H2,1H3,(H,26,32)(H,27,33). The van der Waals surface area contributed by atoms with Gasteiger partial charge in [-0.05, 0) is 37.6 Å². The van der Waals surface area contributed by atoms with Crippen LogP contribution in [0.2, 0.25) is 0 Å². The molecule has 2 heterocycles. The molecule has 34 heavy (non-hydrogen) atoms. The summed E-state index contributed by atoms with van der Waals surface area (Å²) in [4.78, 5) is 29.7. The molecule has 8 nitrogen and oxygen atoms in total. The lowest BCUT2D eigenvalue weighted by atomic mass is 10.2. The Hall–Kier alpha value is -3.14. The first-order valence-corrected chi connectivity index (χ1v) is 12.4. The number of aromatic nitrogens is 2. The van der Waals surface area contributed by atoms with Gasteiger partial charge in [0.25, 0.3) is 11.8 Å². The fourth-order valence-corrected chi connectivity index (χ4v) is 4.48. The molecule has 2 N–H and O–H groups in total. The molecule has 9 heteroatoms. The van der Waals surface area contributed by atoms with E-state index in [9.17, 15) is 9.59 Å². The zero-order valence-corrected chi connectivity index (χ0v) is 20.2. The monoisotopic (exact) mass is 478 g/mol. The van der Waals surface area contributed by atoms with Gasteiger partial charge in [0.1, 0.15) is 0 Å². The largest absolute Gasteiger partial charge is 0.350 e. The van der Waals surface area contributed by atoms with Crippen LogP contribution in [-0.4, -0.2) is 71.1 Å². The van der Waals surface area contributed by atoms with Gasteiger partial charge in [-0.3, -0.25) is 14.5 Å². The Bertz CT molecular complexity index is 1080. The van der Waals surface area contributed by atoms with Crippen LogP contribution in [0.4, 0.5) is 5.69 Å². The van der Waals surface area contributed by atoms with Gasteiger partial charge in [0.15, 0.2) is 0 Å². The SMILES string of the molecule is Cc1ccc(NC(=O)c2nnc(C(=O)NCCCN3CCN(Cc4ccccc4)CC3)s2)cc1. The van der Waals surface area contributed by atoms with Gasteiger partial charge in [0.05, 0.1) is 0 Å². The molecule has 0 radical (unpaired) electrons. The summed E-state index contributed by atoms with van der Waals surface area (Å²) in [5.74, 6) is -0.661. The van der Waals surface area contributed by atoms with Crippen molar-refractivity contribution in [2.45, 2.75) is 19.9 Å². The van der Waals surface area contributed by atoms with Crippen LogP contribution >= 0.6 is 11.3 Å². The predicted octanol–water partition coefficient (Wildman–Crippen LogP) is 3.04. The van der Waals surface area contributed by atoms with Crippen molar-refractivity contribution in [1.82, 2.24) is 25.3 Å². The molecular weight excluding hydrogens is 448 g/mol. The lowest BCUT2D eigenvalue weighted by molar-refractivity contribution is 0.0945. The van der Waals surface area contributed by atoms with Gasteiger partial charge in [-0.25, -0.2) is 0 Å². The summed E-state index contributed by atoms with van der Waals surface area (Å²) < 4.78 is 0. The minimum atomic E-state index is -0.369. The van der Waals surface area contributed by atoms with Gasteiger partial charge in [0.2, 0.25) is 10.0 Å². The van der Waals surface area contributed by atoms with Crippen molar-refractivity contribution in [3.05, 3.63) is 75.7 Å². The smallest absolute Gasteiger partial charge is 0.286 e. The second-order valence-corrected chi connectivity index (χ2v) is 9.42. The first kappa shape index (κ1) is 24.0. The third-order valence-electron chi connectivity index (χ3n) is 5.77. The summed E-state index contributed by atoms with van der Waals surface area (Å²) >= 11 is 0.996. The molecule has 0 bridgehead atoms. The summed E-state index contributed by atoms with van der Waals surface area (Å²) in [5, 5.41) is 13.8.